The van der Waals surface area contributed by atoms with E-state index in [0.29, 0.717) is 26.3 Å². The van der Waals surface area contributed by atoms with Crippen molar-refractivity contribution in [3.63, 3.8) is 0 Å². The van der Waals surface area contributed by atoms with E-state index in [1.54, 1.807) is 0 Å². The number of nitrogens with one attached hydrogen (secondary N) is 1. The van der Waals surface area contributed by atoms with Crippen LogP contribution >= 0.6 is 0 Å². The van der Waals surface area contributed by atoms with E-state index in [1.807, 2.05) is 0 Å². The van der Waals surface area contributed by atoms with Crippen molar-refractivity contribution in [1.82, 2.24) is 9.03 Å². The first-order chi connectivity index (χ1) is 12.7. The van der Waals surface area contributed by atoms with Gasteiger partial charge in [-0.3, -0.25) is 0 Å². The summed E-state index contributed by atoms with van der Waals surface area (Å²) in [6.45, 7) is 5.49. The molecule has 152 valence electrons. The molecule has 0 aromatic heterocycles. The van der Waals surface area contributed by atoms with Crippen molar-refractivity contribution >= 4 is 20.0 Å². The van der Waals surface area contributed by atoms with E-state index in [4.69, 9.17) is 4.74 Å². The molecule has 1 aromatic carbocycles. The predicted molar refractivity (Wildman–Crippen MR) is 102 cm³/mol. The van der Waals surface area contributed by atoms with Crippen molar-refractivity contribution in [3.8, 4) is 0 Å². The first-order valence-corrected chi connectivity index (χ1v) is 12.3. The van der Waals surface area contributed by atoms with Crippen molar-refractivity contribution in [2.24, 2.45) is 11.8 Å². The fourth-order valence-electron chi connectivity index (χ4n) is 3.89. The maximum absolute atomic E-state index is 12.8. The van der Waals surface area contributed by atoms with Gasteiger partial charge in [0.25, 0.3) is 0 Å². The Bertz CT molecular complexity index is 836. The lowest BCUT2D eigenvalue weighted by Gasteiger charge is -2.34. The highest BCUT2D eigenvalue weighted by molar-refractivity contribution is 7.89. The fourth-order valence-corrected chi connectivity index (χ4v) is 6.75. The summed E-state index contributed by atoms with van der Waals surface area (Å²) < 4.78 is 60.2. The van der Waals surface area contributed by atoms with Gasteiger partial charge in [0.05, 0.1) is 23.0 Å². The lowest BCUT2D eigenvalue weighted by molar-refractivity contribution is 0.0730. The van der Waals surface area contributed by atoms with Crippen molar-refractivity contribution in [2.45, 2.75) is 48.9 Å². The first-order valence-electron chi connectivity index (χ1n) is 9.42. The molecule has 7 nitrogen and oxygen atoms in total. The molecule has 0 bridgehead atoms. The van der Waals surface area contributed by atoms with Gasteiger partial charge in [-0.25, -0.2) is 21.6 Å². The van der Waals surface area contributed by atoms with Crippen LogP contribution in [0.3, 0.4) is 0 Å². The number of benzene rings is 1. The van der Waals surface area contributed by atoms with Gasteiger partial charge in [0.2, 0.25) is 20.0 Å². The largest absolute Gasteiger partial charge is 0.379 e. The molecule has 2 aliphatic rings. The van der Waals surface area contributed by atoms with Crippen LogP contribution in [0.5, 0.6) is 0 Å². The SMILES string of the molecule is C[C@@H]1CCC[C@@H](C)C1NS(=O)(=O)c1ccc(S(=O)(=O)N2CCOCC2)cc1. The molecule has 3 rings (SSSR count). The molecule has 1 heterocycles. The summed E-state index contributed by atoms with van der Waals surface area (Å²) in [4.78, 5) is 0.191. The van der Waals surface area contributed by atoms with Crippen LogP contribution in [0.25, 0.3) is 0 Å². The van der Waals surface area contributed by atoms with E-state index in [9.17, 15) is 16.8 Å². The molecule has 0 spiro atoms. The van der Waals surface area contributed by atoms with E-state index < -0.39 is 20.0 Å². The molecule has 1 saturated carbocycles. The molecule has 27 heavy (non-hydrogen) atoms. The summed E-state index contributed by atoms with van der Waals surface area (Å²) in [7, 11) is -7.32. The Hall–Kier alpha value is -1.00. The Labute approximate surface area is 162 Å². The Morgan fingerprint density at radius 3 is 2.00 bits per heavy atom. The van der Waals surface area contributed by atoms with Crippen molar-refractivity contribution < 1.29 is 21.6 Å². The third-order valence-electron chi connectivity index (χ3n) is 5.58. The molecule has 9 heteroatoms. The number of rotatable bonds is 5. The maximum Gasteiger partial charge on any atom is 0.243 e. The number of hydrogen-bond acceptors (Lipinski definition) is 5. The van der Waals surface area contributed by atoms with Crippen LogP contribution in [-0.4, -0.2) is 53.5 Å². The van der Waals surface area contributed by atoms with Crippen LogP contribution in [0, 0.1) is 11.8 Å². The van der Waals surface area contributed by atoms with Crippen LogP contribution in [0.4, 0.5) is 0 Å². The summed E-state index contributed by atoms with van der Waals surface area (Å²) in [5.41, 5.74) is 0. The van der Waals surface area contributed by atoms with Crippen molar-refractivity contribution in [3.05, 3.63) is 24.3 Å². The second-order valence-electron chi connectivity index (χ2n) is 7.52. The minimum absolute atomic E-state index is 0.0911. The maximum atomic E-state index is 12.8. The van der Waals surface area contributed by atoms with E-state index in [-0.39, 0.29) is 27.7 Å². The predicted octanol–water partition coefficient (Wildman–Crippen LogP) is 1.81. The summed E-state index contributed by atoms with van der Waals surface area (Å²) in [6.07, 6.45) is 3.14. The minimum atomic E-state index is -3.69. The molecule has 0 unspecified atom stereocenters. The average Bonchev–Trinajstić information content (AvgIpc) is 2.66. The van der Waals surface area contributed by atoms with E-state index >= 15 is 0 Å². The highest BCUT2D eigenvalue weighted by Gasteiger charge is 2.32. The highest BCUT2D eigenvalue weighted by Crippen LogP contribution is 2.30. The molecular formula is C18H28N2O5S2. The second kappa shape index (κ2) is 8.16. The van der Waals surface area contributed by atoms with Crippen LogP contribution in [0.15, 0.2) is 34.1 Å². The number of ether oxygens (including phenoxy) is 1. The van der Waals surface area contributed by atoms with Crippen LogP contribution in [-0.2, 0) is 24.8 Å². The zero-order chi connectivity index (χ0) is 19.7. The summed E-state index contributed by atoms with van der Waals surface area (Å²) in [6, 6.07) is 5.38. The van der Waals surface area contributed by atoms with E-state index in [1.165, 1.54) is 28.6 Å². The first kappa shape index (κ1) is 20.7. The number of morpholine rings is 1. The second-order valence-corrected chi connectivity index (χ2v) is 11.2. The standard InChI is InChI=1S/C18H28N2O5S2/c1-14-4-3-5-15(2)18(14)19-26(21,22)16-6-8-17(9-7-16)27(23,24)20-10-12-25-13-11-20/h6-9,14-15,18-19H,3-5,10-13H2,1-2H3/t14-,15-/m1/s1. The molecule has 0 radical (unpaired) electrons. The third-order valence-corrected chi connectivity index (χ3v) is 8.97. The Morgan fingerprint density at radius 1 is 0.926 bits per heavy atom. The smallest absolute Gasteiger partial charge is 0.243 e. The zero-order valence-electron chi connectivity index (χ0n) is 15.8. The lowest BCUT2D eigenvalue weighted by atomic mass is 9.79. The Balaban J connectivity index is 1.77. The van der Waals surface area contributed by atoms with Gasteiger partial charge in [-0.2, -0.15) is 4.31 Å². The Morgan fingerprint density at radius 2 is 1.44 bits per heavy atom. The number of sulfonamides is 2. The molecule has 1 saturated heterocycles. The minimum Gasteiger partial charge on any atom is -0.379 e. The lowest BCUT2D eigenvalue weighted by Crippen LogP contribution is -2.45. The van der Waals surface area contributed by atoms with Crippen molar-refractivity contribution in [2.75, 3.05) is 26.3 Å². The van der Waals surface area contributed by atoms with E-state index in [0.717, 1.165) is 19.3 Å². The molecule has 1 aliphatic heterocycles. The monoisotopic (exact) mass is 416 g/mol. The Kier molecular flexibility index (Phi) is 6.27. The molecule has 1 aromatic rings. The van der Waals surface area contributed by atoms with Gasteiger partial charge < -0.3 is 4.74 Å². The van der Waals surface area contributed by atoms with Gasteiger partial charge in [-0.05, 0) is 48.9 Å². The molecular weight excluding hydrogens is 388 g/mol. The topological polar surface area (TPSA) is 92.8 Å². The normalized spacial score (nSPS) is 26.1. The summed E-state index contributed by atoms with van der Waals surface area (Å²) >= 11 is 0. The van der Waals surface area contributed by atoms with Gasteiger partial charge in [0, 0.05) is 19.1 Å². The molecule has 1 N–H and O–H groups in total. The summed E-state index contributed by atoms with van der Waals surface area (Å²) in [5, 5.41) is 0. The summed E-state index contributed by atoms with van der Waals surface area (Å²) in [5.74, 6) is 0.564. The molecule has 0 amide bonds. The van der Waals surface area contributed by atoms with Crippen LogP contribution in [0.1, 0.15) is 33.1 Å². The number of nitrogens with zero attached hydrogens (tertiary/aromatic N) is 1. The van der Waals surface area contributed by atoms with Crippen LogP contribution in [0.2, 0.25) is 0 Å². The zero-order valence-corrected chi connectivity index (χ0v) is 17.4. The van der Waals surface area contributed by atoms with Gasteiger partial charge in [0.1, 0.15) is 0 Å². The van der Waals surface area contributed by atoms with Gasteiger partial charge in [-0.1, -0.05) is 20.3 Å². The van der Waals surface area contributed by atoms with Gasteiger partial charge in [-0.15, -0.1) is 0 Å². The van der Waals surface area contributed by atoms with Gasteiger partial charge >= 0.3 is 0 Å². The molecule has 1 aliphatic carbocycles. The molecule has 2 fully saturated rings. The van der Waals surface area contributed by atoms with Crippen LogP contribution < -0.4 is 4.72 Å². The fraction of sp³-hybridized carbons (Fsp3) is 0.667. The van der Waals surface area contributed by atoms with Gasteiger partial charge in [0.15, 0.2) is 0 Å². The third kappa shape index (κ3) is 4.54. The van der Waals surface area contributed by atoms with E-state index in [2.05, 4.69) is 18.6 Å². The quantitative estimate of drug-likeness (QED) is 0.790. The molecule has 2 atom stereocenters. The average molecular weight is 417 g/mol. The van der Waals surface area contributed by atoms with Crippen molar-refractivity contribution in [1.29, 1.82) is 0 Å². The highest BCUT2D eigenvalue weighted by atomic mass is 32.2. The number of hydrogen-bond donors (Lipinski definition) is 1.